The molecule has 2 aromatic heterocycles. The summed E-state index contributed by atoms with van der Waals surface area (Å²) in [7, 11) is -4.15. The number of rotatable bonds is 4. The molecule has 0 fully saturated rings. The van der Waals surface area contributed by atoms with Crippen LogP contribution in [0.2, 0.25) is 0 Å². The van der Waals surface area contributed by atoms with Crippen LogP contribution in [-0.2, 0) is 16.6 Å². The Morgan fingerprint density at radius 1 is 0.977 bits per heavy atom. The maximum atomic E-state index is 14.2. The number of sulfonamides is 1. The van der Waals surface area contributed by atoms with Gasteiger partial charge in [0.1, 0.15) is 11.2 Å². The second-order valence-corrected chi connectivity index (χ2v) is 14.4. The molecular weight excluding hydrogens is 630 g/mol. The van der Waals surface area contributed by atoms with Gasteiger partial charge in [0, 0.05) is 17.2 Å². The van der Waals surface area contributed by atoms with Gasteiger partial charge in [0.05, 0.1) is 28.9 Å². The molecule has 1 N–H and O–H groups in total. The highest BCUT2D eigenvalue weighted by Crippen LogP contribution is 2.31. The quantitative estimate of drug-likeness (QED) is 0.246. The highest BCUT2D eigenvalue weighted by atomic mass is 79.9. The van der Waals surface area contributed by atoms with Crippen molar-refractivity contribution >= 4 is 37.8 Å². The Hall–Kier alpha value is -3.83. The molecule has 11 heteroatoms. The van der Waals surface area contributed by atoms with Crippen LogP contribution in [0.4, 0.5) is 5.95 Å². The molecule has 3 heterocycles. The first-order valence-electron chi connectivity index (χ1n) is 13.9. The van der Waals surface area contributed by atoms with Gasteiger partial charge in [-0.2, -0.15) is 4.98 Å². The minimum atomic E-state index is -4.15. The van der Waals surface area contributed by atoms with Gasteiger partial charge in [-0.25, -0.2) is 23.1 Å². The summed E-state index contributed by atoms with van der Waals surface area (Å²) in [5.41, 5.74) is 4.10. The van der Waals surface area contributed by atoms with E-state index in [-0.39, 0.29) is 46.8 Å². The SMILES string of the molecule is Cc1cccc(C)c1-c1cc2nc(n1)NS(=O)(=O)c1cccc(c1)C(=O)N(Cc1cccc(Br)n1)[C@H](CC(C)(C)C)CO2. The van der Waals surface area contributed by atoms with Crippen molar-refractivity contribution in [2.75, 3.05) is 11.3 Å². The Balaban J connectivity index is 1.68. The van der Waals surface area contributed by atoms with Crippen molar-refractivity contribution in [3.8, 4) is 17.1 Å². The summed E-state index contributed by atoms with van der Waals surface area (Å²) >= 11 is 3.43. The second kappa shape index (κ2) is 12.0. The number of amides is 1. The topological polar surface area (TPSA) is 114 Å². The summed E-state index contributed by atoms with van der Waals surface area (Å²) in [5, 5.41) is 0. The van der Waals surface area contributed by atoms with E-state index in [1.807, 2.05) is 50.2 Å². The fraction of sp³-hybridized carbons (Fsp3) is 0.312. The summed E-state index contributed by atoms with van der Waals surface area (Å²) < 4.78 is 36.6. The third kappa shape index (κ3) is 7.22. The van der Waals surface area contributed by atoms with Gasteiger partial charge in [-0.3, -0.25) is 4.79 Å². The van der Waals surface area contributed by atoms with Crippen LogP contribution in [0, 0.1) is 19.3 Å². The van der Waals surface area contributed by atoms with E-state index in [2.05, 4.69) is 56.4 Å². The number of nitrogens with one attached hydrogen (secondary N) is 1. The molecule has 9 nitrogen and oxygen atoms in total. The monoisotopic (exact) mass is 663 g/mol. The Kier molecular flexibility index (Phi) is 8.58. The van der Waals surface area contributed by atoms with E-state index in [9.17, 15) is 13.2 Å². The number of aryl methyl sites for hydroxylation is 2. The molecule has 1 atom stereocenters. The zero-order valence-corrected chi connectivity index (χ0v) is 27.2. The van der Waals surface area contributed by atoms with E-state index in [1.54, 1.807) is 23.1 Å². The molecule has 4 aromatic rings. The number of anilines is 1. The lowest BCUT2D eigenvalue weighted by Gasteiger charge is -2.35. The van der Waals surface area contributed by atoms with Gasteiger partial charge in [0.25, 0.3) is 15.9 Å². The average molecular weight is 665 g/mol. The standard InChI is InChI=1S/C32H34BrN5O4S/c1-20-9-6-10-21(2)29(20)26-16-28-36-31(35-26)37-43(40,41)25-13-7-11-22(15-25)30(39)38(18-23-12-8-14-27(33)34-23)24(19-42-28)17-32(3,4)5/h6-16,24H,17-19H2,1-5H3,(H,35,36,37)/t24-/m1/s1. The van der Waals surface area contributed by atoms with E-state index in [4.69, 9.17) is 4.74 Å². The molecule has 0 spiro atoms. The van der Waals surface area contributed by atoms with Crippen LogP contribution in [0.5, 0.6) is 5.88 Å². The summed E-state index contributed by atoms with van der Waals surface area (Å²) in [6.45, 7) is 10.6. The van der Waals surface area contributed by atoms with E-state index in [0.717, 1.165) is 16.7 Å². The Labute approximate surface area is 260 Å². The molecule has 0 radical (unpaired) electrons. The molecule has 2 aromatic carbocycles. The lowest BCUT2D eigenvalue weighted by molar-refractivity contribution is 0.0509. The number of pyridine rings is 1. The number of carbonyl (C=O) groups is 1. The van der Waals surface area contributed by atoms with Crippen LogP contribution in [0.15, 0.2) is 76.2 Å². The van der Waals surface area contributed by atoms with Crippen molar-refractivity contribution in [3.05, 3.63) is 93.7 Å². The van der Waals surface area contributed by atoms with Gasteiger partial charge in [-0.05, 0) is 83.1 Å². The predicted octanol–water partition coefficient (Wildman–Crippen LogP) is 6.56. The summed E-state index contributed by atoms with van der Waals surface area (Å²) in [4.78, 5) is 29.4. The maximum Gasteiger partial charge on any atom is 0.264 e. The van der Waals surface area contributed by atoms with Gasteiger partial charge in [-0.15, -0.1) is 0 Å². The van der Waals surface area contributed by atoms with Gasteiger partial charge in [-0.1, -0.05) is 51.1 Å². The molecule has 4 bridgehead atoms. The lowest BCUT2D eigenvalue weighted by atomic mass is 9.87. The number of ether oxygens (including phenoxy) is 1. The summed E-state index contributed by atoms with van der Waals surface area (Å²) in [6, 6.07) is 18.8. The minimum absolute atomic E-state index is 0.0750. The molecule has 0 unspecified atom stereocenters. The van der Waals surface area contributed by atoms with E-state index in [0.29, 0.717) is 22.4 Å². The number of hydrogen-bond acceptors (Lipinski definition) is 7. The Morgan fingerprint density at radius 2 is 1.67 bits per heavy atom. The Bertz CT molecular complexity index is 1770. The van der Waals surface area contributed by atoms with E-state index in [1.165, 1.54) is 12.1 Å². The number of carbonyl (C=O) groups excluding carboxylic acids is 1. The van der Waals surface area contributed by atoms with Crippen LogP contribution in [-0.4, -0.2) is 46.8 Å². The van der Waals surface area contributed by atoms with Crippen LogP contribution < -0.4 is 9.46 Å². The van der Waals surface area contributed by atoms with Crippen molar-refractivity contribution < 1.29 is 17.9 Å². The number of fused-ring (bicyclic) bond motifs is 4. The molecule has 1 aliphatic heterocycles. The van der Waals surface area contributed by atoms with E-state index >= 15 is 0 Å². The maximum absolute atomic E-state index is 14.2. The number of nitrogens with zero attached hydrogens (tertiary/aromatic N) is 4. The molecule has 1 aliphatic rings. The second-order valence-electron chi connectivity index (χ2n) is 11.9. The van der Waals surface area contributed by atoms with Crippen LogP contribution in [0.25, 0.3) is 11.3 Å². The fourth-order valence-corrected chi connectivity index (χ4v) is 6.63. The molecule has 43 heavy (non-hydrogen) atoms. The highest BCUT2D eigenvalue weighted by molar-refractivity contribution is 9.10. The predicted molar refractivity (Wildman–Crippen MR) is 169 cm³/mol. The molecular formula is C32H34BrN5O4S. The molecule has 224 valence electrons. The normalized spacial score (nSPS) is 16.7. The third-order valence-corrected chi connectivity index (χ3v) is 8.90. The largest absolute Gasteiger partial charge is 0.475 e. The lowest BCUT2D eigenvalue weighted by Crippen LogP contribution is -2.45. The van der Waals surface area contributed by atoms with Crippen LogP contribution >= 0.6 is 15.9 Å². The molecule has 1 amide bonds. The zero-order chi connectivity index (χ0) is 30.9. The highest BCUT2D eigenvalue weighted by Gasteiger charge is 2.31. The van der Waals surface area contributed by atoms with Gasteiger partial charge in [0.15, 0.2) is 0 Å². The summed E-state index contributed by atoms with van der Waals surface area (Å²) in [6.07, 6.45) is 0.602. The fourth-order valence-electron chi connectivity index (χ4n) is 5.26. The van der Waals surface area contributed by atoms with Gasteiger partial charge in [0.2, 0.25) is 11.8 Å². The van der Waals surface area contributed by atoms with Crippen molar-refractivity contribution in [1.29, 1.82) is 0 Å². The van der Waals surface area contributed by atoms with Gasteiger partial charge < -0.3 is 9.64 Å². The van der Waals surface area contributed by atoms with Crippen molar-refractivity contribution in [1.82, 2.24) is 19.9 Å². The first-order chi connectivity index (χ1) is 20.3. The van der Waals surface area contributed by atoms with Crippen LogP contribution in [0.3, 0.4) is 0 Å². The van der Waals surface area contributed by atoms with Crippen molar-refractivity contribution in [2.45, 2.75) is 58.5 Å². The van der Waals surface area contributed by atoms with Crippen molar-refractivity contribution in [3.63, 3.8) is 0 Å². The minimum Gasteiger partial charge on any atom is -0.475 e. The summed E-state index contributed by atoms with van der Waals surface area (Å²) in [5.74, 6) is -0.248. The number of halogens is 1. The smallest absolute Gasteiger partial charge is 0.264 e. The first kappa shape index (κ1) is 30.6. The zero-order valence-electron chi connectivity index (χ0n) is 24.8. The Morgan fingerprint density at radius 3 is 2.37 bits per heavy atom. The first-order valence-corrected chi connectivity index (χ1v) is 16.2. The average Bonchev–Trinajstić information content (AvgIpc) is 2.92. The number of aromatic nitrogens is 3. The number of benzene rings is 2. The molecule has 0 aliphatic carbocycles. The van der Waals surface area contributed by atoms with Gasteiger partial charge >= 0.3 is 0 Å². The molecule has 0 saturated heterocycles. The number of hydrogen-bond donors (Lipinski definition) is 1. The van der Waals surface area contributed by atoms with Crippen molar-refractivity contribution in [2.24, 2.45) is 5.41 Å². The molecule has 0 saturated carbocycles. The molecule has 5 rings (SSSR count). The van der Waals surface area contributed by atoms with E-state index < -0.39 is 16.1 Å². The third-order valence-electron chi connectivity index (χ3n) is 7.14. The van der Waals surface area contributed by atoms with Crippen LogP contribution in [0.1, 0.15) is 54.4 Å².